The standard InChI is InChI=1S/C20H27Cl2N5O5/c1-20(2,3)23-11-15(13-30-17-10-14(21)4-5-16(17)22)31-19(28)24-18-12-27(25-32-18)26-6-8-29-9-7-26/h4-5,10,12,15,23H,6-9,11,13H2,1-3H3/p+1. The molecule has 1 aliphatic heterocycles. The largest absolute Gasteiger partial charge is 0.488 e. The molecule has 0 saturated carbocycles. The van der Waals surface area contributed by atoms with Crippen molar-refractivity contribution in [1.82, 2.24) is 10.6 Å². The summed E-state index contributed by atoms with van der Waals surface area (Å²) >= 11 is 12.2. The lowest BCUT2D eigenvalue weighted by Crippen LogP contribution is -2.62. The van der Waals surface area contributed by atoms with E-state index in [1.54, 1.807) is 24.4 Å². The molecule has 1 atom stereocenters. The highest BCUT2D eigenvalue weighted by Gasteiger charge is 2.25. The van der Waals surface area contributed by atoms with Gasteiger partial charge < -0.3 is 19.5 Å². The Morgan fingerprint density at radius 1 is 1.31 bits per heavy atom. The monoisotopic (exact) mass is 488 g/mol. The number of nitrogens with one attached hydrogen (secondary N) is 2. The van der Waals surface area contributed by atoms with E-state index >= 15 is 0 Å². The summed E-state index contributed by atoms with van der Waals surface area (Å²) in [4.78, 5) is 14.0. The number of aromatic nitrogens is 2. The third kappa shape index (κ3) is 7.70. The summed E-state index contributed by atoms with van der Waals surface area (Å²) < 4.78 is 21.8. The molecule has 2 heterocycles. The topological polar surface area (TPSA) is 102 Å². The fourth-order valence-electron chi connectivity index (χ4n) is 2.79. The number of hydrogen-bond donors (Lipinski definition) is 2. The molecule has 1 aliphatic rings. The van der Waals surface area contributed by atoms with Crippen molar-refractivity contribution in [3.63, 3.8) is 0 Å². The predicted molar refractivity (Wildman–Crippen MR) is 119 cm³/mol. The Kier molecular flexibility index (Phi) is 8.41. The van der Waals surface area contributed by atoms with Gasteiger partial charge in [-0.05, 0) is 32.9 Å². The molecule has 2 N–H and O–H groups in total. The lowest BCUT2D eigenvalue weighted by atomic mass is 10.1. The Balaban J connectivity index is 1.58. The zero-order valence-electron chi connectivity index (χ0n) is 18.3. The van der Waals surface area contributed by atoms with Crippen molar-refractivity contribution >= 4 is 35.2 Å². The van der Waals surface area contributed by atoms with Gasteiger partial charge in [0.2, 0.25) is 5.27 Å². The van der Waals surface area contributed by atoms with Gasteiger partial charge in [0.25, 0.3) is 6.20 Å². The molecule has 2 aromatic rings. The maximum absolute atomic E-state index is 12.5. The number of ether oxygens (including phenoxy) is 3. The first-order valence-corrected chi connectivity index (χ1v) is 11.0. The predicted octanol–water partition coefficient (Wildman–Crippen LogP) is 2.62. The molecule has 1 saturated heterocycles. The van der Waals surface area contributed by atoms with Crippen LogP contribution in [0.2, 0.25) is 10.0 Å². The molecule has 1 aromatic carbocycles. The van der Waals surface area contributed by atoms with Gasteiger partial charge in [-0.1, -0.05) is 23.2 Å². The van der Waals surface area contributed by atoms with E-state index in [1.807, 2.05) is 25.8 Å². The Bertz CT molecular complexity index is 899. The van der Waals surface area contributed by atoms with Gasteiger partial charge in [-0.15, -0.1) is 5.01 Å². The third-order valence-corrected chi connectivity index (χ3v) is 4.96. The first-order chi connectivity index (χ1) is 15.2. The van der Waals surface area contributed by atoms with Gasteiger partial charge in [0.15, 0.2) is 0 Å². The van der Waals surface area contributed by atoms with Crippen LogP contribution in [-0.2, 0) is 9.47 Å². The maximum Gasteiger partial charge on any atom is 0.414 e. The van der Waals surface area contributed by atoms with Crippen molar-refractivity contribution in [1.29, 1.82) is 0 Å². The number of carbonyl (C=O) groups excluding carboxylic acids is 1. The molecule has 0 radical (unpaired) electrons. The van der Waals surface area contributed by atoms with Crippen LogP contribution in [0.3, 0.4) is 0 Å². The highest BCUT2D eigenvalue weighted by Crippen LogP contribution is 2.27. The van der Waals surface area contributed by atoms with E-state index in [-0.39, 0.29) is 18.0 Å². The summed E-state index contributed by atoms with van der Waals surface area (Å²) in [6, 6.07) is 4.92. The molecule has 0 spiro atoms. The van der Waals surface area contributed by atoms with Crippen LogP contribution in [0.1, 0.15) is 20.8 Å². The van der Waals surface area contributed by atoms with Crippen molar-refractivity contribution in [3.05, 3.63) is 34.4 Å². The van der Waals surface area contributed by atoms with Gasteiger partial charge in [0.1, 0.15) is 18.5 Å². The molecule has 0 aliphatic carbocycles. The van der Waals surface area contributed by atoms with Crippen molar-refractivity contribution in [2.75, 3.05) is 49.8 Å². The number of anilines is 1. The second kappa shape index (κ2) is 11.0. The normalized spacial score (nSPS) is 15.3. The van der Waals surface area contributed by atoms with Gasteiger partial charge in [-0.2, -0.15) is 0 Å². The van der Waals surface area contributed by atoms with Crippen molar-refractivity contribution in [2.45, 2.75) is 32.4 Å². The third-order valence-electron chi connectivity index (χ3n) is 4.41. The first-order valence-electron chi connectivity index (χ1n) is 10.2. The second-order valence-electron chi connectivity index (χ2n) is 8.22. The molecule has 1 amide bonds. The molecule has 12 heteroatoms. The molecule has 176 valence electrons. The Morgan fingerprint density at radius 2 is 2.06 bits per heavy atom. The van der Waals surface area contributed by atoms with E-state index in [0.717, 1.165) is 0 Å². The average molecular weight is 489 g/mol. The minimum atomic E-state index is -0.697. The van der Waals surface area contributed by atoms with Gasteiger partial charge >= 0.3 is 12.0 Å². The number of nitrogens with zero attached hydrogens (tertiary/aromatic N) is 3. The van der Waals surface area contributed by atoms with Crippen LogP contribution in [0, 0.1) is 0 Å². The number of morpholine rings is 1. The second-order valence-corrected chi connectivity index (χ2v) is 9.07. The van der Waals surface area contributed by atoms with Crippen LogP contribution in [0.15, 0.2) is 28.9 Å². The Morgan fingerprint density at radius 3 is 2.78 bits per heavy atom. The maximum atomic E-state index is 12.5. The zero-order chi connectivity index (χ0) is 23.1. The summed E-state index contributed by atoms with van der Waals surface area (Å²) in [6.07, 6.45) is 0.257. The molecular formula is C20H28Cl2N5O5+. The molecule has 1 aromatic heterocycles. The quantitative estimate of drug-likeness (QED) is 0.546. The van der Waals surface area contributed by atoms with E-state index in [4.69, 9.17) is 41.9 Å². The van der Waals surface area contributed by atoms with Crippen LogP contribution in [0.5, 0.6) is 5.75 Å². The Labute approximate surface area is 196 Å². The fourth-order valence-corrected chi connectivity index (χ4v) is 3.13. The molecule has 1 unspecified atom stereocenters. The zero-order valence-corrected chi connectivity index (χ0v) is 19.8. The molecule has 10 nitrogen and oxygen atoms in total. The minimum absolute atomic E-state index is 0.0702. The SMILES string of the molecule is CC(C)(C)NCC(COc1cc(Cl)ccc1Cl)OC(=O)Nc1c[n+](N2CCOCC2)no1. The molecule has 0 bridgehead atoms. The summed E-state index contributed by atoms with van der Waals surface area (Å²) in [5.74, 6) is 0.563. The van der Waals surface area contributed by atoms with E-state index in [2.05, 4.69) is 15.9 Å². The van der Waals surface area contributed by atoms with E-state index in [0.29, 0.717) is 48.6 Å². The smallest absolute Gasteiger partial charge is 0.414 e. The highest BCUT2D eigenvalue weighted by molar-refractivity contribution is 6.34. The van der Waals surface area contributed by atoms with Crippen LogP contribution in [0.4, 0.5) is 10.7 Å². The van der Waals surface area contributed by atoms with Crippen LogP contribution in [0.25, 0.3) is 0 Å². The number of benzene rings is 1. The summed E-state index contributed by atoms with van der Waals surface area (Å²) in [5.41, 5.74) is -0.180. The van der Waals surface area contributed by atoms with Crippen molar-refractivity contribution in [3.8, 4) is 5.75 Å². The van der Waals surface area contributed by atoms with Crippen molar-refractivity contribution < 1.29 is 28.3 Å². The number of hydrogen-bond acceptors (Lipinski definition) is 8. The summed E-state index contributed by atoms with van der Waals surface area (Å²) in [6.45, 7) is 9.01. The summed E-state index contributed by atoms with van der Waals surface area (Å²) in [7, 11) is 0. The number of amides is 1. The number of halogens is 2. The van der Waals surface area contributed by atoms with Gasteiger partial charge in [-0.3, -0.25) is 9.84 Å². The van der Waals surface area contributed by atoms with E-state index in [1.165, 1.54) is 4.79 Å². The van der Waals surface area contributed by atoms with Crippen LogP contribution >= 0.6 is 23.2 Å². The van der Waals surface area contributed by atoms with Crippen LogP contribution in [-0.4, -0.2) is 62.5 Å². The van der Waals surface area contributed by atoms with E-state index in [9.17, 15) is 4.79 Å². The fraction of sp³-hybridized carbons (Fsp3) is 0.550. The summed E-state index contributed by atoms with van der Waals surface area (Å²) in [5, 5.41) is 12.6. The molecular weight excluding hydrogens is 461 g/mol. The van der Waals surface area contributed by atoms with Gasteiger partial charge in [-0.25, -0.2) is 4.79 Å². The molecule has 32 heavy (non-hydrogen) atoms. The molecule has 3 rings (SSSR count). The van der Waals surface area contributed by atoms with Crippen LogP contribution < -0.4 is 25.2 Å². The lowest BCUT2D eigenvalue weighted by molar-refractivity contribution is -0.759. The van der Waals surface area contributed by atoms with Crippen molar-refractivity contribution in [2.24, 2.45) is 0 Å². The first kappa shape index (κ1) is 24.4. The van der Waals surface area contributed by atoms with E-state index < -0.39 is 12.2 Å². The average Bonchev–Trinajstić information content (AvgIpc) is 3.20. The minimum Gasteiger partial charge on any atom is -0.488 e. The highest BCUT2D eigenvalue weighted by atomic mass is 35.5. The van der Waals surface area contributed by atoms with Gasteiger partial charge in [0, 0.05) is 23.2 Å². The lowest BCUT2D eigenvalue weighted by Gasteiger charge is -2.25. The Hall–Kier alpha value is -2.27. The number of carbonyl (C=O) groups is 1. The molecule has 1 fully saturated rings. The van der Waals surface area contributed by atoms with Gasteiger partial charge in [0.05, 0.1) is 36.1 Å². The number of rotatable bonds is 8.